The highest BCUT2D eigenvalue weighted by Crippen LogP contribution is 2.17. The highest BCUT2D eigenvalue weighted by atomic mass is 14.8. The quantitative estimate of drug-likeness (QED) is 0.739. The van der Waals surface area contributed by atoms with Gasteiger partial charge in [-0.1, -0.05) is 30.3 Å². The summed E-state index contributed by atoms with van der Waals surface area (Å²) in [5, 5.41) is 0. The molecule has 0 N–H and O–H groups in total. The van der Waals surface area contributed by atoms with Gasteiger partial charge in [-0.3, -0.25) is 9.98 Å². The van der Waals surface area contributed by atoms with E-state index < -0.39 is 0 Å². The Hall–Kier alpha value is -1.96. The molecule has 98 valence electrons. The number of aromatic nitrogens is 1. The van der Waals surface area contributed by atoms with Crippen LogP contribution in [0.5, 0.6) is 0 Å². The second kappa shape index (κ2) is 6.28. The van der Waals surface area contributed by atoms with E-state index in [1.54, 1.807) is 0 Å². The topological polar surface area (TPSA) is 25.2 Å². The fraction of sp³-hybridized carbons (Fsp3) is 0.294. The van der Waals surface area contributed by atoms with Crippen LogP contribution in [0.2, 0.25) is 0 Å². The van der Waals surface area contributed by atoms with Gasteiger partial charge >= 0.3 is 0 Å². The molecule has 0 aliphatic rings. The lowest BCUT2D eigenvalue weighted by molar-refractivity contribution is 1.03. The van der Waals surface area contributed by atoms with Crippen LogP contribution in [0, 0.1) is 13.8 Å². The first kappa shape index (κ1) is 13.5. The van der Waals surface area contributed by atoms with Gasteiger partial charge in [0.15, 0.2) is 0 Å². The molecule has 1 aromatic heterocycles. The Labute approximate surface area is 115 Å². The first-order valence-electron chi connectivity index (χ1n) is 6.67. The number of pyridine rings is 1. The van der Waals surface area contributed by atoms with Crippen LogP contribution >= 0.6 is 0 Å². The molecule has 0 saturated carbocycles. The van der Waals surface area contributed by atoms with Gasteiger partial charge in [-0.15, -0.1) is 0 Å². The summed E-state index contributed by atoms with van der Waals surface area (Å²) in [6.45, 7) is 6.10. The van der Waals surface area contributed by atoms with Gasteiger partial charge in [0.2, 0.25) is 0 Å². The summed E-state index contributed by atoms with van der Waals surface area (Å²) in [4.78, 5) is 9.11. The van der Waals surface area contributed by atoms with Crippen molar-refractivity contribution in [3.63, 3.8) is 0 Å². The third-order valence-corrected chi connectivity index (χ3v) is 3.13. The summed E-state index contributed by atoms with van der Waals surface area (Å²) in [6.07, 6.45) is 2.02. The third kappa shape index (κ3) is 4.02. The zero-order valence-electron chi connectivity index (χ0n) is 11.9. The van der Waals surface area contributed by atoms with E-state index in [0.29, 0.717) is 0 Å². The van der Waals surface area contributed by atoms with Gasteiger partial charge in [-0.25, -0.2) is 0 Å². The van der Waals surface area contributed by atoms with Gasteiger partial charge in [0.05, 0.1) is 11.4 Å². The van der Waals surface area contributed by atoms with Crippen LogP contribution in [0.3, 0.4) is 0 Å². The van der Waals surface area contributed by atoms with Crippen LogP contribution in [-0.2, 0) is 6.42 Å². The maximum atomic E-state index is 4.67. The lowest BCUT2D eigenvalue weighted by Crippen LogP contribution is -1.95. The minimum atomic E-state index is 0.983. The van der Waals surface area contributed by atoms with Gasteiger partial charge in [0.25, 0.3) is 0 Å². The number of hydrogen-bond acceptors (Lipinski definition) is 2. The Morgan fingerprint density at radius 1 is 1.05 bits per heavy atom. The molecule has 0 spiro atoms. The summed E-state index contributed by atoms with van der Waals surface area (Å²) in [6, 6.07) is 14.6. The molecule has 0 atom stereocenters. The first-order valence-corrected chi connectivity index (χ1v) is 6.67. The Kier molecular flexibility index (Phi) is 4.45. The zero-order valence-corrected chi connectivity index (χ0v) is 11.9. The van der Waals surface area contributed by atoms with Crippen molar-refractivity contribution in [1.82, 2.24) is 4.98 Å². The average molecular weight is 252 g/mol. The molecule has 0 unspecified atom stereocenters. The van der Waals surface area contributed by atoms with Gasteiger partial charge in [-0.2, -0.15) is 0 Å². The summed E-state index contributed by atoms with van der Waals surface area (Å²) in [7, 11) is 0. The summed E-state index contributed by atoms with van der Waals surface area (Å²) in [5.74, 6) is 0. The highest BCUT2D eigenvalue weighted by Gasteiger charge is 2.00. The van der Waals surface area contributed by atoms with Crippen LogP contribution in [0.4, 0.5) is 5.69 Å². The van der Waals surface area contributed by atoms with E-state index in [-0.39, 0.29) is 0 Å². The zero-order chi connectivity index (χ0) is 13.7. The molecule has 2 aromatic rings. The molecule has 0 amide bonds. The monoisotopic (exact) mass is 252 g/mol. The predicted octanol–water partition coefficient (Wildman–Crippen LogP) is 4.42. The minimum Gasteiger partial charge on any atom is -0.256 e. The normalized spacial score (nSPS) is 11.6. The van der Waals surface area contributed by atoms with Gasteiger partial charge < -0.3 is 0 Å². The average Bonchev–Trinajstić information content (AvgIpc) is 2.41. The number of nitrogens with zero attached hydrogens (tertiary/aromatic N) is 2. The predicted molar refractivity (Wildman–Crippen MR) is 81.2 cm³/mol. The highest BCUT2D eigenvalue weighted by molar-refractivity contribution is 5.85. The molecule has 0 saturated heterocycles. The summed E-state index contributed by atoms with van der Waals surface area (Å²) >= 11 is 0. The second-order valence-corrected chi connectivity index (χ2v) is 4.89. The smallest absolute Gasteiger partial charge is 0.0841 e. The molecule has 0 aliphatic carbocycles. The molecule has 1 aromatic carbocycles. The van der Waals surface area contributed by atoms with E-state index >= 15 is 0 Å². The Balaban J connectivity index is 2.03. The molecule has 0 radical (unpaired) electrons. The fourth-order valence-corrected chi connectivity index (χ4v) is 2.03. The third-order valence-electron chi connectivity index (χ3n) is 3.13. The molecule has 2 heteroatoms. The molecule has 0 bridgehead atoms. The molecular weight excluding hydrogens is 232 g/mol. The molecule has 19 heavy (non-hydrogen) atoms. The van der Waals surface area contributed by atoms with Gasteiger partial charge in [-0.05, 0) is 51.3 Å². The van der Waals surface area contributed by atoms with E-state index in [1.807, 2.05) is 32.0 Å². The molecule has 2 rings (SSSR count). The van der Waals surface area contributed by atoms with Crippen molar-refractivity contribution in [3.8, 4) is 0 Å². The van der Waals surface area contributed by atoms with Crippen LogP contribution < -0.4 is 0 Å². The van der Waals surface area contributed by atoms with Crippen molar-refractivity contribution < 1.29 is 0 Å². The summed E-state index contributed by atoms with van der Waals surface area (Å²) in [5.41, 5.74) is 5.53. The molecule has 2 nitrogen and oxygen atoms in total. The van der Waals surface area contributed by atoms with Crippen molar-refractivity contribution in [3.05, 3.63) is 59.4 Å². The van der Waals surface area contributed by atoms with Gasteiger partial charge in [0.1, 0.15) is 0 Å². The van der Waals surface area contributed by atoms with E-state index in [1.165, 1.54) is 5.56 Å². The van der Waals surface area contributed by atoms with Crippen molar-refractivity contribution in [2.75, 3.05) is 0 Å². The molecule has 0 fully saturated rings. The lowest BCUT2D eigenvalue weighted by Gasteiger charge is -2.04. The summed E-state index contributed by atoms with van der Waals surface area (Å²) < 4.78 is 0. The SMILES string of the molecule is C/C(CCc1ccccc1)=N\c1ccc(C)nc1C. The number of benzene rings is 1. The van der Waals surface area contributed by atoms with Crippen molar-refractivity contribution in [2.45, 2.75) is 33.6 Å². The lowest BCUT2D eigenvalue weighted by atomic mass is 10.1. The number of aliphatic imine (C=N–C) groups is 1. The van der Waals surface area contributed by atoms with E-state index in [9.17, 15) is 0 Å². The Morgan fingerprint density at radius 2 is 1.79 bits per heavy atom. The molecule has 0 aliphatic heterocycles. The minimum absolute atomic E-state index is 0.983. The first-order chi connectivity index (χ1) is 9.15. The number of aryl methyl sites for hydroxylation is 3. The van der Waals surface area contributed by atoms with Crippen molar-refractivity contribution in [1.29, 1.82) is 0 Å². The number of rotatable bonds is 4. The second-order valence-electron chi connectivity index (χ2n) is 4.89. The maximum Gasteiger partial charge on any atom is 0.0841 e. The van der Waals surface area contributed by atoms with Crippen molar-refractivity contribution >= 4 is 11.4 Å². The largest absolute Gasteiger partial charge is 0.256 e. The van der Waals surface area contributed by atoms with Crippen molar-refractivity contribution in [2.24, 2.45) is 4.99 Å². The van der Waals surface area contributed by atoms with E-state index in [4.69, 9.17) is 0 Å². The van der Waals surface area contributed by atoms with E-state index in [0.717, 1.165) is 35.6 Å². The fourth-order valence-electron chi connectivity index (χ4n) is 2.03. The molecular formula is C17H20N2. The van der Waals surface area contributed by atoms with Crippen LogP contribution in [-0.4, -0.2) is 10.7 Å². The number of hydrogen-bond donors (Lipinski definition) is 0. The van der Waals surface area contributed by atoms with Crippen LogP contribution in [0.25, 0.3) is 0 Å². The van der Waals surface area contributed by atoms with E-state index in [2.05, 4.69) is 41.2 Å². The van der Waals surface area contributed by atoms with Crippen LogP contribution in [0.1, 0.15) is 30.3 Å². The standard InChI is InChI=1S/C17H20N2/c1-13-10-12-17(15(3)18-13)19-14(2)9-11-16-7-5-4-6-8-16/h4-8,10,12H,9,11H2,1-3H3/b19-14+. The maximum absolute atomic E-state index is 4.67. The molecule has 1 heterocycles. The Bertz CT molecular complexity index is 571. The Morgan fingerprint density at radius 3 is 2.47 bits per heavy atom. The van der Waals surface area contributed by atoms with Crippen LogP contribution in [0.15, 0.2) is 47.5 Å². The van der Waals surface area contributed by atoms with Gasteiger partial charge in [0, 0.05) is 11.4 Å².